The van der Waals surface area contributed by atoms with Crippen LogP contribution in [-0.2, 0) is 4.79 Å². The Balaban J connectivity index is 1.93. The van der Waals surface area contributed by atoms with E-state index in [0.717, 1.165) is 17.2 Å². The Hall–Kier alpha value is -0.710. The highest BCUT2D eigenvalue weighted by molar-refractivity contribution is 7.99. The normalized spacial score (nSPS) is 21.2. The molecule has 17 heavy (non-hydrogen) atoms. The Labute approximate surface area is 110 Å². The van der Waals surface area contributed by atoms with Crippen molar-refractivity contribution in [2.24, 2.45) is 0 Å². The van der Waals surface area contributed by atoms with E-state index in [1.54, 1.807) is 11.8 Å². The number of benzene rings is 1. The second kappa shape index (κ2) is 5.76. The number of hydrogen-bond acceptors (Lipinski definition) is 3. The molecule has 1 aromatic carbocycles. The minimum absolute atomic E-state index is 0.00664. The molecule has 1 saturated heterocycles. The third-order valence-corrected chi connectivity index (χ3v) is 3.95. The van der Waals surface area contributed by atoms with E-state index >= 15 is 0 Å². The van der Waals surface area contributed by atoms with Crippen LogP contribution in [0.25, 0.3) is 0 Å². The summed E-state index contributed by atoms with van der Waals surface area (Å²) in [5.41, 5.74) is 1.06. The first-order valence-corrected chi connectivity index (χ1v) is 7.07. The molecule has 2 N–H and O–H groups in total. The van der Waals surface area contributed by atoms with Gasteiger partial charge in [-0.2, -0.15) is 0 Å². The Bertz CT molecular complexity index is 390. The molecule has 2 atom stereocenters. The van der Waals surface area contributed by atoms with Gasteiger partial charge in [0.2, 0.25) is 5.91 Å². The molecular weight excluding hydrogens is 256 g/mol. The zero-order valence-corrected chi connectivity index (χ0v) is 11.1. The predicted octanol–water partition coefficient (Wildman–Crippen LogP) is 2.18. The first-order chi connectivity index (χ1) is 8.16. The summed E-state index contributed by atoms with van der Waals surface area (Å²) < 4.78 is 0. The highest BCUT2D eigenvalue weighted by Gasteiger charge is 2.23. The van der Waals surface area contributed by atoms with Gasteiger partial charge in [0.05, 0.1) is 12.1 Å². The molecule has 0 aliphatic carbocycles. The van der Waals surface area contributed by atoms with E-state index in [-0.39, 0.29) is 18.0 Å². The van der Waals surface area contributed by atoms with Crippen molar-refractivity contribution in [3.05, 3.63) is 34.9 Å². The SMILES string of the molecule is C[C@H](NC(=O)C1CSCN1)c1ccc(Cl)cc1. The average molecular weight is 271 g/mol. The fourth-order valence-electron chi connectivity index (χ4n) is 1.71. The molecule has 0 saturated carbocycles. The van der Waals surface area contributed by atoms with Gasteiger partial charge in [-0.1, -0.05) is 23.7 Å². The summed E-state index contributed by atoms with van der Waals surface area (Å²) in [6, 6.07) is 7.49. The summed E-state index contributed by atoms with van der Waals surface area (Å²) in [5.74, 6) is 1.77. The van der Waals surface area contributed by atoms with Gasteiger partial charge in [-0.3, -0.25) is 10.1 Å². The Kier molecular flexibility index (Phi) is 4.31. The third-order valence-electron chi connectivity index (χ3n) is 2.76. The van der Waals surface area contributed by atoms with Gasteiger partial charge in [0.15, 0.2) is 0 Å². The van der Waals surface area contributed by atoms with E-state index in [0.29, 0.717) is 5.02 Å². The van der Waals surface area contributed by atoms with Crippen molar-refractivity contribution < 1.29 is 4.79 Å². The number of carbonyl (C=O) groups is 1. The van der Waals surface area contributed by atoms with E-state index in [2.05, 4.69) is 10.6 Å². The lowest BCUT2D eigenvalue weighted by molar-refractivity contribution is -0.123. The molecule has 1 aliphatic heterocycles. The minimum Gasteiger partial charge on any atom is -0.348 e. The molecule has 3 nitrogen and oxygen atoms in total. The van der Waals surface area contributed by atoms with Crippen molar-refractivity contribution in [1.29, 1.82) is 0 Å². The van der Waals surface area contributed by atoms with Crippen molar-refractivity contribution in [2.45, 2.75) is 19.0 Å². The van der Waals surface area contributed by atoms with Crippen molar-refractivity contribution in [1.82, 2.24) is 10.6 Å². The molecule has 1 heterocycles. The smallest absolute Gasteiger partial charge is 0.238 e. The molecule has 1 aliphatic rings. The predicted molar refractivity (Wildman–Crippen MR) is 72.3 cm³/mol. The fraction of sp³-hybridized carbons (Fsp3) is 0.417. The lowest BCUT2D eigenvalue weighted by Crippen LogP contribution is -2.42. The van der Waals surface area contributed by atoms with Crippen molar-refractivity contribution in [2.75, 3.05) is 11.6 Å². The summed E-state index contributed by atoms with van der Waals surface area (Å²) in [6.07, 6.45) is 0. The number of thioether (sulfide) groups is 1. The zero-order chi connectivity index (χ0) is 12.3. The lowest BCUT2D eigenvalue weighted by atomic mass is 10.1. The van der Waals surface area contributed by atoms with Crippen molar-refractivity contribution in [3.8, 4) is 0 Å². The molecule has 0 radical (unpaired) electrons. The van der Waals surface area contributed by atoms with Gasteiger partial charge in [0.1, 0.15) is 0 Å². The molecule has 1 unspecified atom stereocenters. The summed E-state index contributed by atoms with van der Waals surface area (Å²) in [7, 11) is 0. The van der Waals surface area contributed by atoms with E-state index in [1.165, 1.54) is 0 Å². The zero-order valence-electron chi connectivity index (χ0n) is 9.57. The minimum atomic E-state index is -0.0604. The number of hydrogen-bond donors (Lipinski definition) is 2. The van der Waals surface area contributed by atoms with Crippen LogP contribution in [0.5, 0.6) is 0 Å². The molecule has 0 bridgehead atoms. The average Bonchev–Trinajstić information content (AvgIpc) is 2.83. The molecule has 2 rings (SSSR count). The second-order valence-corrected chi connectivity index (χ2v) is 5.52. The van der Waals surface area contributed by atoms with E-state index < -0.39 is 0 Å². The largest absolute Gasteiger partial charge is 0.348 e. The van der Waals surface area contributed by atoms with Crippen molar-refractivity contribution >= 4 is 29.3 Å². The first kappa shape index (κ1) is 12.7. The standard InChI is InChI=1S/C12H15ClN2OS/c1-8(9-2-4-10(13)5-3-9)15-12(16)11-6-17-7-14-11/h2-5,8,11,14H,6-7H2,1H3,(H,15,16)/t8-,11?/m0/s1. The van der Waals surface area contributed by atoms with Gasteiger partial charge in [0, 0.05) is 16.7 Å². The number of nitrogens with one attached hydrogen (secondary N) is 2. The van der Waals surface area contributed by atoms with E-state index in [9.17, 15) is 4.79 Å². The molecule has 0 spiro atoms. The quantitative estimate of drug-likeness (QED) is 0.885. The van der Waals surface area contributed by atoms with Crippen LogP contribution in [0, 0.1) is 0 Å². The van der Waals surface area contributed by atoms with Gasteiger partial charge >= 0.3 is 0 Å². The number of rotatable bonds is 3. The van der Waals surface area contributed by atoms with E-state index in [1.807, 2.05) is 31.2 Å². The number of amides is 1. The monoisotopic (exact) mass is 270 g/mol. The summed E-state index contributed by atoms with van der Waals surface area (Å²) in [6.45, 7) is 1.98. The van der Waals surface area contributed by atoms with Gasteiger partial charge in [-0.25, -0.2) is 0 Å². The van der Waals surface area contributed by atoms with E-state index in [4.69, 9.17) is 11.6 Å². The number of carbonyl (C=O) groups excluding carboxylic acids is 1. The Morgan fingerprint density at radius 3 is 2.82 bits per heavy atom. The van der Waals surface area contributed by atoms with Crippen LogP contribution in [0.4, 0.5) is 0 Å². The highest BCUT2D eigenvalue weighted by Crippen LogP contribution is 2.17. The maximum atomic E-state index is 11.9. The Morgan fingerprint density at radius 1 is 1.53 bits per heavy atom. The molecular formula is C12H15ClN2OS. The molecule has 5 heteroatoms. The van der Waals surface area contributed by atoms with Gasteiger partial charge in [-0.15, -0.1) is 11.8 Å². The molecule has 92 valence electrons. The summed E-state index contributed by atoms with van der Waals surface area (Å²) >= 11 is 7.57. The fourth-order valence-corrected chi connectivity index (χ4v) is 2.78. The topological polar surface area (TPSA) is 41.1 Å². The second-order valence-electron chi connectivity index (χ2n) is 4.05. The first-order valence-electron chi connectivity index (χ1n) is 5.54. The van der Waals surface area contributed by atoms with Gasteiger partial charge in [-0.05, 0) is 24.6 Å². The number of halogens is 1. The van der Waals surface area contributed by atoms with Gasteiger partial charge in [0.25, 0.3) is 0 Å². The summed E-state index contributed by atoms with van der Waals surface area (Å²) in [4.78, 5) is 11.9. The summed E-state index contributed by atoms with van der Waals surface area (Å²) in [5, 5.41) is 6.86. The molecule has 0 aromatic heterocycles. The van der Waals surface area contributed by atoms with Crippen LogP contribution >= 0.6 is 23.4 Å². The van der Waals surface area contributed by atoms with Gasteiger partial charge < -0.3 is 5.32 Å². The van der Waals surface area contributed by atoms with Crippen LogP contribution < -0.4 is 10.6 Å². The van der Waals surface area contributed by atoms with Crippen molar-refractivity contribution in [3.63, 3.8) is 0 Å². The molecule has 1 amide bonds. The van der Waals surface area contributed by atoms with Crippen LogP contribution in [0.3, 0.4) is 0 Å². The van der Waals surface area contributed by atoms with Crippen LogP contribution in [0.1, 0.15) is 18.5 Å². The van der Waals surface area contributed by atoms with Crippen LogP contribution in [0.2, 0.25) is 5.02 Å². The highest BCUT2D eigenvalue weighted by atomic mass is 35.5. The lowest BCUT2D eigenvalue weighted by Gasteiger charge is -2.17. The van der Waals surface area contributed by atoms with Crippen LogP contribution in [-0.4, -0.2) is 23.6 Å². The third kappa shape index (κ3) is 3.37. The molecule has 1 aromatic rings. The maximum absolute atomic E-state index is 11.9. The van der Waals surface area contributed by atoms with Crippen LogP contribution in [0.15, 0.2) is 24.3 Å². The molecule has 1 fully saturated rings. The maximum Gasteiger partial charge on any atom is 0.238 e. The Morgan fingerprint density at radius 2 is 2.24 bits per heavy atom.